The molecule has 4 saturated carbocycles. The van der Waals surface area contributed by atoms with Crippen molar-refractivity contribution in [3.63, 3.8) is 0 Å². The first-order valence-corrected chi connectivity index (χ1v) is 15.1. The molecule has 1 N–H and O–H groups in total. The standard InChI is InChI=1S/C33H45FN2O7/c1-29(2,3)42-27(38)35(19-32-16-33(34,17-32)18-32)15-23-11-21-10-9-20(12-24(21)36(23)28(39)43-30(4,5)6)22-13-25(37)26(14-22)41-31(7,8)40/h9-12,22,26,40H,13-19H2,1-8H3/t22-,26?,32?,33?/m0/s1. The molecule has 0 aliphatic heterocycles. The smallest absolute Gasteiger partial charge is 0.419 e. The maximum atomic E-state index is 14.4. The quantitative estimate of drug-likeness (QED) is 0.356. The van der Waals surface area contributed by atoms with Crippen LogP contribution in [0.25, 0.3) is 10.9 Å². The van der Waals surface area contributed by atoms with E-state index in [2.05, 4.69) is 0 Å². The highest BCUT2D eigenvalue weighted by molar-refractivity contribution is 5.92. The van der Waals surface area contributed by atoms with Gasteiger partial charge >= 0.3 is 12.2 Å². The van der Waals surface area contributed by atoms with Gasteiger partial charge in [0.15, 0.2) is 11.6 Å². The van der Waals surface area contributed by atoms with Crippen LogP contribution in [0.1, 0.15) is 105 Å². The van der Waals surface area contributed by atoms with Gasteiger partial charge in [0.25, 0.3) is 0 Å². The van der Waals surface area contributed by atoms with Crippen molar-refractivity contribution >= 4 is 28.9 Å². The second-order valence-corrected chi connectivity index (χ2v) is 15.4. The zero-order valence-corrected chi connectivity index (χ0v) is 26.6. The zero-order valence-electron chi connectivity index (χ0n) is 26.6. The summed E-state index contributed by atoms with van der Waals surface area (Å²) < 4.78 is 33.0. The minimum Gasteiger partial charge on any atom is -0.444 e. The molecule has 2 atom stereocenters. The number of hydrogen-bond donors (Lipinski definition) is 1. The molecule has 0 radical (unpaired) electrons. The predicted octanol–water partition coefficient (Wildman–Crippen LogP) is 6.61. The molecule has 0 spiro atoms. The van der Waals surface area contributed by atoms with Crippen LogP contribution in [-0.2, 0) is 25.5 Å². The summed E-state index contributed by atoms with van der Waals surface area (Å²) >= 11 is 0. The Balaban J connectivity index is 1.49. The number of ketones is 1. The fourth-order valence-electron chi connectivity index (χ4n) is 6.87. The van der Waals surface area contributed by atoms with Crippen molar-refractivity contribution in [2.24, 2.45) is 5.41 Å². The SMILES string of the molecule is CC(C)(C)OC(=O)N(Cc1cc2ccc([C@H]3CC(=O)C(OC(C)(C)O)C3)cc2n1C(=O)OC(C)(C)C)CC12CC(F)(C1)C2. The Labute approximate surface area is 252 Å². The van der Waals surface area contributed by atoms with E-state index in [1.807, 2.05) is 24.3 Å². The van der Waals surface area contributed by atoms with E-state index < -0.39 is 40.9 Å². The summed E-state index contributed by atoms with van der Waals surface area (Å²) in [6.45, 7) is 14.2. The molecule has 1 heterocycles. The lowest BCUT2D eigenvalue weighted by molar-refractivity contribution is -0.220. The van der Waals surface area contributed by atoms with Gasteiger partial charge < -0.3 is 24.2 Å². The van der Waals surface area contributed by atoms with Crippen LogP contribution in [-0.4, -0.2) is 67.8 Å². The molecule has 43 heavy (non-hydrogen) atoms. The minimum absolute atomic E-state index is 0.0720. The maximum absolute atomic E-state index is 14.4. The van der Waals surface area contributed by atoms with Gasteiger partial charge in [-0.3, -0.25) is 4.79 Å². The number of rotatable bonds is 7. The van der Waals surface area contributed by atoms with E-state index in [9.17, 15) is 23.9 Å². The molecule has 4 aliphatic rings. The lowest BCUT2D eigenvalue weighted by Crippen LogP contribution is -2.68. The molecular formula is C33H45FN2O7. The number of fused-ring (bicyclic) bond motifs is 1. The first-order chi connectivity index (χ1) is 19.6. The zero-order chi connectivity index (χ0) is 31.8. The van der Waals surface area contributed by atoms with Crippen molar-refractivity contribution in [2.45, 2.75) is 129 Å². The Morgan fingerprint density at radius 3 is 2.21 bits per heavy atom. The Hall–Kier alpha value is -2.98. The summed E-state index contributed by atoms with van der Waals surface area (Å²) in [6.07, 6.45) is 0.140. The van der Waals surface area contributed by atoms with Gasteiger partial charge in [0, 0.05) is 24.0 Å². The van der Waals surface area contributed by atoms with Gasteiger partial charge in [-0.25, -0.2) is 18.5 Å². The Morgan fingerprint density at radius 2 is 1.65 bits per heavy atom. The molecule has 6 rings (SSSR count). The summed E-state index contributed by atoms with van der Waals surface area (Å²) in [4.78, 5) is 41.4. The normalized spacial score (nSPS) is 27.1. The summed E-state index contributed by atoms with van der Waals surface area (Å²) in [7, 11) is 0. The monoisotopic (exact) mass is 600 g/mol. The van der Waals surface area contributed by atoms with Crippen LogP contribution in [0.4, 0.5) is 14.0 Å². The molecule has 10 heteroatoms. The van der Waals surface area contributed by atoms with E-state index in [0.29, 0.717) is 43.4 Å². The van der Waals surface area contributed by atoms with E-state index >= 15 is 0 Å². The molecule has 9 nitrogen and oxygen atoms in total. The van der Waals surface area contributed by atoms with E-state index in [1.165, 1.54) is 18.4 Å². The average molecular weight is 601 g/mol. The van der Waals surface area contributed by atoms with Crippen molar-refractivity contribution in [1.82, 2.24) is 9.47 Å². The Bertz CT molecular complexity index is 1420. The van der Waals surface area contributed by atoms with Crippen LogP contribution in [0, 0.1) is 5.41 Å². The predicted molar refractivity (Wildman–Crippen MR) is 158 cm³/mol. The fourth-order valence-corrected chi connectivity index (χ4v) is 6.87. The second-order valence-electron chi connectivity index (χ2n) is 15.4. The van der Waals surface area contributed by atoms with Crippen molar-refractivity contribution in [3.8, 4) is 0 Å². The number of hydrogen-bond acceptors (Lipinski definition) is 7. The van der Waals surface area contributed by atoms with E-state index in [4.69, 9.17) is 14.2 Å². The van der Waals surface area contributed by atoms with Crippen molar-refractivity contribution in [2.75, 3.05) is 6.54 Å². The number of aromatic nitrogens is 1. The van der Waals surface area contributed by atoms with Crippen molar-refractivity contribution in [1.29, 1.82) is 0 Å². The molecule has 1 amide bonds. The number of carbonyl (C=O) groups is 3. The highest BCUT2D eigenvalue weighted by Crippen LogP contribution is 2.69. The van der Waals surface area contributed by atoms with Gasteiger partial charge in [-0.15, -0.1) is 0 Å². The molecule has 4 aliphatic carbocycles. The van der Waals surface area contributed by atoms with Crippen LogP contribution >= 0.6 is 0 Å². The number of halogens is 1. The molecule has 4 fully saturated rings. The number of benzene rings is 1. The molecule has 236 valence electrons. The van der Waals surface area contributed by atoms with E-state index in [0.717, 1.165) is 10.9 Å². The van der Waals surface area contributed by atoms with E-state index in [1.54, 1.807) is 46.4 Å². The number of carbonyl (C=O) groups excluding carboxylic acids is 3. The number of alkyl halides is 1. The van der Waals surface area contributed by atoms with Gasteiger partial charge in [0.2, 0.25) is 0 Å². The first-order valence-electron chi connectivity index (χ1n) is 15.1. The number of aliphatic hydroxyl groups is 1. The summed E-state index contributed by atoms with van der Waals surface area (Å²) in [5.41, 5.74) is -0.873. The average Bonchev–Trinajstić information content (AvgIpc) is 3.32. The van der Waals surface area contributed by atoms with Crippen LogP contribution in [0.2, 0.25) is 0 Å². The third kappa shape index (κ3) is 6.90. The molecule has 0 saturated heterocycles. The highest BCUT2D eigenvalue weighted by atomic mass is 19.1. The molecular weight excluding hydrogens is 555 g/mol. The van der Waals surface area contributed by atoms with Gasteiger partial charge in [0.1, 0.15) is 23.0 Å². The highest BCUT2D eigenvalue weighted by Gasteiger charge is 2.69. The third-order valence-electron chi connectivity index (χ3n) is 8.29. The van der Waals surface area contributed by atoms with Crippen molar-refractivity contribution in [3.05, 3.63) is 35.5 Å². The second kappa shape index (κ2) is 10.3. The molecule has 1 unspecified atom stereocenters. The largest absolute Gasteiger partial charge is 0.444 e. The van der Waals surface area contributed by atoms with E-state index in [-0.39, 0.29) is 30.1 Å². The first kappa shape index (κ1) is 31.4. The van der Waals surface area contributed by atoms with Crippen LogP contribution < -0.4 is 0 Å². The number of nitrogens with zero attached hydrogens (tertiary/aromatic N) is 2. The Kier molecular flexibility index (Phi) is 7.53. The Morgan fingerprint density at radius 1 is 1.02 bits per heavy atom. The van der Waals surface area contributed by atoms with Gasteiger partial charge in [-0.2, -0.15) is 0 Å². The lowest BCUT2D eigenvalue weighted by atomic mass is 9.42. The maximum Gasteiger partial charge on any atom is 0.419 e. The number of Topliss-reactive ketones (excluding diaryl/α,β-unsaturated/α-hetero) is 1. The van der Waals surface area contributed by atoms with Gasteiger partial charge in [-0.05, 0) is 110 Å². The van der Waals surface area contributed by atoms with Gasteiger partial charge in [0.05, 0.1) is 12.1 Å². The van der Waals surface area contributed by atoms with Crippen LogP contribution in [0.3, 0.4) is 0 Å². The topological polar surface area (TPSA) is 107 Å². The lowest BCUT2D eigenvalue weighted by Gasteiger charge is -2.66. The van der Waals surface area contributed by atoms with Crippen molar-refractivity contribution < 1.29 is 38.1 Å². The van der Waals surface area contributed by atoms with Crippen LogP contribution in [0.5, 0.6) is 0 Å². The fraction of sp³-hybridized carbons (Fsp3) is 0.667. The van der Waals surface area contributed by atoms with Crippen LogP contribution in [0.15, 0.2) is 24.3 Å². The molecule has 1 aromatic carbocycles. The number of amides is 1. The minimum atomic E-state index is -1.43. The summed E-state index contributed by atoms with van der Waals surface area (Å²) in [6, 6.07) is 7.58. The molecule has 1 aromatic heterocycles. The third-order valence-corrected chi connectivity index (χ3v) is 8.29. The summed E-state index contributed by atoms with van der Waals surface area (Å²) in [5.74, 6) is -1.65. The molecule has 2 bridgehead atoms. The summed E-state index contributed by atoms with van der Waals surface area (Å²) in [5, 5.41) is 10.9. The van der Waals surface area contributed by atoms with Gasteiger partial charge in [-0.1, -0.05) is 12.1 Å². The molecule has 2 aromatic rings. The number of ether oxygens (including phenoxy) is 3.